The second-order valence-corrected chi connectivity index (χ2v) is 7.85. The van der Waals surface area contributed by atoms with Crippen molar-refractivity contribution in [3.05, 3.63) is 35.9 Å². The quantitative estimate of drug-likeness (QED) is 0.608. The van der Waals surface area contributed by atoms with Gasteiger partial charge in [0.25, 0.3) is 0 Å². The molecule has 4 nitrogen and oxygen atoms in total. The Labute approximate surface area is 140 Å². The number of nitrogens with zero attached hydrogens (tertiary/aromatic N) is 1. The van der Waals surface area contributed by atoms with Crippen molar-refractivity contribution in [1.82, 2.24) is 4.98 Å². The van der Waals surface area contributed by atoms with E-state index in [9.17, 15) is 9.00 Å². The third-order valence-electron chi connectivity index (χ3n) is 4.40. The molecule has 1 saturated carbocycles. The maximum Gasteiger partial charge on any atom is 0.331 e. The highest BCUT2D eigenvalue weighted by atomic mass is 32.2. The summed E-state index contributed by atoms with van der Waals surface area (Å²) < 4.78 is 17.7. The van der Waals surface area contributed by atoms with Crippen molar-refractivity contribution < 1.29 is 13.7 Å². The number of pyridine rings is 1. The van der Waals surface area contributed by atoms with Gasteiger partial charge in [0.05, 0.1) is 10.8 Å². The first-order valence-corrected chi connectivity index (χ1v) is 9.39. The molecule has 23 heavy (non-hydrogen) atoms. The van der Waals surface area contributed by atoms with Crippen LogP contribution in [-0.4, -0.2) is 21.3 Å². The van der Waals surface area contributed by atoms with Crippen LogP contribution in [0.4, 0.5) is 0 Å². The standard InChI is InChI=1S/C18H25NO3S/c1-13(2)15-8-7-14(3)12-16(15)22-18(20)9-11-23(21)17-6-4-5-10-19-17/h4-6,9-11,13-16H,7-8,12H2,1-3H3/b11-9-/t14-,15+,16-,23+/m1/s1. The first-order chi connectivity index (χ1) is 11.0. The lowest BCUT2D eigenvalue weighted by molar-refractivity contribution is -0.149. The zero-order chi connectivity index (χ0) is 16.8. The van der Waals surface area contributed by atoms with Gasteiger partial charge in [-0.05, 0) is 42.7 Å². The van der Waals surface area contributed by atoms with E-state index in [0.717, 1.165) is 12.8 Å². The fourth-order valence-corrected chi connectivity index (χ4v) is 3.84. The highest BCUT2D eigenvalue weighted by Gasteiger charge is 2.32. The first kappa shape index (κ1) is 17.9. The number of hydrogen-bond donors (Lipinski definition) is 0. The molecule has 0 aromatic carbocycles. The molecule has 1 aromatic rings. The Hall–Kier alpha value is -1.49. The second kappa shape index (κ2) is 8.39. The summed E-state index contributed by atoms with van der Waals surface area (Å²) in [4.78, 5) is 16.1. The monoisotopic (exact) mass is 335 g/mol. The molecule has 1 aromatic heterocycles. The van der Waals surface area contributed by atoms with Gasteiger partial charge < -0.3 is 4.74 Å². The van der Waals surface area contributed by atoms with Crippen LogP contribution in [0.2, 0.25) is 0 Å². The molecule has 1 aliphatic carbocycles. The minimum atomic E-state index is -1.43. The molecular weight excluding hydrogens is 310 g/mol. The van der Waals surface area contributed by atoms with Crippen LogP contribution in [0.1, 0.15) is 40.0 Å². The van der Waals surface area contributed by atoms with Gasteiger partial charge in [0, 0.05) is 17.7 Å². The molecule has 0 radical (unpaired) electrons. The summed E-state index contributed by atoms with van der Waals surface area (Å²) in [6.07, 6.45) is 6.00. The molecule has 0 amide bonds. The number of rotatable bonds is 5. The summed E-state index contributed by atoms with van der Waals surface area (Å²) in [6, 6.07) is 5.20. The van der Waals surface area contributed by atoms with Gasteiger partial charge in [-0.3, -0.25) is 0 Å². The average molecular weight is 335 g/mol. The topological polar surface area (TPSA) is 56.3 Å². The lowest BCUT2D eigenvalue weighted by Gasteiger charge is -2.36. The molecule has 0 N–H and O–H groups in total. The normalized spacial score (nSPS) is 26.3. The molecule has 0 spiro atoms. The maximum atomic E-state index is 12.1. The van der Waals surface area contributed by atoms with Crippen LogP contribution in [0.3, 0.4) is 0 Å². The molecule has 0 bridgehead atoms. The smallest absolute Gasteiger partial charge is 0.331 e. The van der Waals surface area contributed by atoms with Gasteiger partial charge in [0.15, 0.2) is 0 Å². The zero-order valence-electron chi connectivity index (χ0n) is 14.0. The van der Waals surface area contributed by atoms with Crippen molar-refractivity contribution >= 4 is 16.8 Å². The maximum absolute atomic E-state index is 12.1. The van der Waals surface area contributed by atoms with Crippen molar-refractivity contribution in [1.29, 1.82) is 0 Å². The van der Waals surface area contributed by atoms with Gasteiger partial charge in [-0.2, -0.15) is 0 Å². The summed E-state index contributed by atoms with van der Waals surface area (Å²) in [5.74, 6) is 1.06. The molecule has 4 atom stereocenters. The zero-order valence-corrected chi connectivity index (χ0v) is 14.8. The molecule has 1 heterocycles. The number of ether oxygens (including phenoxy) is 1. The fourth-order valence-electron chi connectivity index (χ4n) is 3.09. The van der Waals surface area contributed by atoms with Crippen molar-refractivity contribution in [3.8, 4) is 0 Å². The van der Waals surface area contributed by atoms with Crippen LogP contribution in [0.5, 0.6) is 0 Å². The Bertz CT molecular complexity index is 571. The molecule has 0 aliphatic heterocycles. The average Bonchev–Trinajstić information content (AvgIpc) is 2.53. The van der Waals surface area contributed by atoms with Gasteiger partial charge in [0.2, 0.25) is 0 Å². The SMILES string of the molecule is CC(C)[C@@H]1CC[C@@H](C)C[C@H]1OC(=O)/C=C\[S@](=O)c1ccccn1. The Kier molecular flexibility index (Phi) is 6.51. The molecule has 1 aliphatic rings. The number of aromatic nitrogens is 1. The lowest BCUT2D eigenvalue weighted by atomic mass is 9.75. The summed E-state index contributed by atoms with van der Waals surface area (Å²) in [7, 11) is -1.43. The Balaban J connectivity index is 1.95. The molecule has 2 rings (SSSR count). The van der Waals surface area contributed by atoms with Crippen LogP contribution in [0.15, 0.2) is 40.9 Å². The predicted molar refractivity (Wildman–Crippen MR) is 91.0 cm³/mol. The van der Waals surface area contributed by atoms with E-state index >= 15 is 0 Å². The van der Waals surface area contributed by atoms with Gasteiger partial charge >= 0.3 is 5.97 Å². The van der Waals surface area contributed by atoms with Gasteiger partial charge in [0.1, 0.15) is 11.1 Å². The third-order valence-corrected chi connectivity index (χ3v) is 5.44. The molecule has 0 unspecified atom stereocenters. The summed E-state index contributed by atoms with van der Waals surface area (Å²) in [5, 5.41) is 1.78. The Morgan fingerprint density at radius 3 is 2.83 bits per heavy atom. The minimum Gasteiger partial charge on any atom is -0.459 e. The minimum absolute atomic E-state index is 0.0424. The van der Waals surface area contributed by atoms with Crippen LogP contribution in [0.25, 0.3) is 0 Å². The summed E-state index contributed by atoms with van der Waals surface area (Å²) in [6.45, 7) is 6.55. The van der Waals surface area contributed by atoms with Crippen molar-refractivity contribution in [2.75, 3.05) is 0 Å². The molecular formula is C18H25NO3S. The number of hydrogen-bond acceptors (Lipinski definition) is 4. The van der Waals surface area contributed by atoms with Gasteiger partial charge in [-0.15, -0.1) is 0 Å². The van der Waals surface area contributed by atoms with E-state index in [4.69, 9.17) is 4.74 Å². The van der Waals surface area contributed by atoms with E-state index in [-0.39, 0.29) is 6.10 Å². The van der Waals surface area contributed by atoms with Crippen LogP contribution in [0, 0.1) is 17.8 Å². The molecule has 126 valence electrons. The summed E-state index contributed by atoms with van der Waals surface area (Å²) >= 11 is 0. The van der Waals surface area contributed by atoms with E-state index in [0.29, 0.717) is 22.8 Å². The van der Waals surface area contributed by atoms with E-state index in [2.05, 4.69) is 25.8 Å². The van der Waals surface area contributed by atoms with Gasteiger partial charge in [-0.25, -0.2) is 14.0 Å². The van der Waals surface area contributed by atoms with Crippen molar-refractivity contribution in [3.63, 3.8) is 0 Å². The molecule has 0 saturated heterocycles. The van der Waals surface area contributed by atoms with E-state index < -0.39 is 16.8 Å². The fraction of sp³-hybridized carbons (Fsp3) is 0.556. The van der Waals surface area contributed by atoms with Crippen LogP contribution in [-0.2, 0) is 20.3 Å². The van der Waals surface area contributed by atoms with Crippen molar-refractivity contribution in [2.24, 2.45) is 17.8 Å². The second-order valence-electron chi connectivity index (χ2n) is 6.57. The Morgan fingerprint density at radius 1 is 1.39 bits per heavy atom. The van der Waals surface area contributed by atoms with E-state index in [1.54, 1.807) is 24.4 Å². The molecule has 1 fully saturated rings. The number of esters is 1. The predicted octanol–water partition coefficient (Wildman–Crippen LogP) is 3.71. The Morgan fingerprint density at radius 2 is 2.17 bits per heavy atom. The van der Waals surface area contributed by atoms with E-state index in [1.165, 1.54) is 17.9 Å². The van der Waals surface area contributed by atoms with Gasteiger partial charge in [-0.1, -0.05) is 33.3 Å². The first-order valence-electron chi connectivity index (χ1n) is 8.17. The van der Waals surface area contributed by atoms with E-state index in [1.807, 2.05) is 0 Å². The lowest BCUT2D eigenvalue weighted by Crippen LogP contribution is -2.35. The highest BCUT2D eigenvalue weighted by molar-refractivity contribution is 7.88. The van der Waals surface area contributed by atoms with Crippen molar-refractivity contribution in [2.45, 2.75) is 51.2 Å². The third kappa shape index (κ3) is 5.27. The summed E-state index contributed by atoms with van der Waals surface area (Å²) in [5.41, 5.74) is 0. The molecule has 5 heteroatoms. The van der Waals surface area contributed by atoms with Crippen LogP contribution < -0.4 is 0 Å². The number of carbonyl (C=O) groups excluding carboxylic acids is 1. The van der Waals surface area contributed by atoms with Crippen LogP contribution >= 0.6 is 0 Å². The number of carbonyl (C=O) groups is 1. The largest absolute Gasteiger partial charge is 0.459 e. The highest BCUT2D eigenvalue weighted by Crippen LogP contribution is 2.35.